The summed E-state index contributed by atoms with van der Waals surface area (Å²) in [5.74, 6) is 0. The quantitative estimate of drug-likeness (QED) is 0.673. The number of nitro groups is 1. The first-order valence-corrected chi connectivity index (χ1v) is 6.17. The number of nitrogens with one attached hydrogen (secondary N) is 1. The molecule has 4 nitrogen and oxygen atoms in total. The number of nitro benzene ring substituents is 1. The van der Waals surface area contributed by atoms with Gasteiger partial charge >= 0.3 is 0 Å². The normalized spacial score (nSPS) is 10.2. The zero-order valence-electron chi connectivity index (χ0n) is 10.4. The second-order valence-corrected chi connectivity index (χ2v) is 4.65. The molecule has 1 N–H and O–H groups in total. The van der Waals surface area contributed by atoms with E-state index < -0.39 is 4.92 Å². The Kier molecular flexibility index (Phi) is 4.02. The van der Waals surface area contributed by atoms with Crippen LogP contribution in [0.4, 0.5) is 11.4 Å². The summed E-state index contributed by atoms with van der Waals surface area (Å²) in [6.45, 7) is 2.58. The van der Waals surface area contributed by atoms with Gasteiger partial charge in [0.05, 0.1) is 4.92 Å². The van der Waals surface area contributed by atoms with Crippen molar-refractivity contribution < 1.29 is 4.92 Å². The second-order valence-electron chi connectivity index (χ2n) is 4.24. The number of rotatable bonds is 4. The summed E-state index contributed by atoms with van der Waals surface area (Å²) in [5.41, 5.74) is 3.03. The van der Waals surface area contributed by atoms with Crippen molar-refractivity contribution in [2.75, 3.05) is 5.32 Å². The molecule has 0 aliphatic rings. The van der Waals surface area contributed by atoms with Crippen molar-refractivity contribution in [2.45, 2.75) is 13.5 Å². The number of hydrogen-bond acceptors (Lipinski definition) is 3. The first kappa shape index (κ1) is 13.4. The monoisotopic (exact) mass is 276 g/mol. The molecule has 0 saturated heterocycles. The Balaban J connectivity index is 2.01. The van der Waals surface area contributed by atoms with Crippen LogP contribution in [0.5, 0.6) is 0 Å². The minimum absolute atomic E-state index is 0.0870. The fourth-order valence-electron chi connectivity index (χ4n) is 1.65. The van der Waals surface area contributed by atoms with Gasteiger partial charge in [0.1, 0.15) is 0 Å². The maximum atomic E-state index is 10.5. The van der Waals surface area contributed by atoms with E-state index >= 15 is 0 Å². The van der Waals surface area contributed by atoms with Crippen LogP contribution >= 0.6 is 11.6 Å². The minimum Gasteiger partial charge on any atom is -0.381 e. The third kappa shape index (κ3) is 3.45. The van der Waals surface area contributed by atoms with Crippen LogP contribution < -0.4 is 5.32 Å². The van der Waals surface area contributed by atoms with Gasteiger partial charge in [0, 0.05) is 29.4 Å². The Hall–Kier alpha value is -2.07. The summed E-state index contributed by atoms with van der Waals surface area (Å²) in [4.78, 5) is 10.1. The molecule has 0 unspecified atom stereocenters. The van der Waals surface area contributed by atoms with E-state index in [-0.39, 0.29) is 5.69 Å². The number of hydrogen-bond donors (Lipinski definition) is 1. The number of non-ortho nitro benzene ring substituents is 1. The van der Waals surface area contributed by atoms with Gasteiger partial charge in [0.2, 0.25) is 0 Å². The average Bonchev–Trinajstić information content (AvgIpc) is 2.40. The molecule has 0 aliphatic heterocycles. The van der Waals surface area contributed by atoms with Gasteiger partial charge in [-0.05, 0) is 36.2 Å². The zero-order chi connectivity index (χ0) is 13.8. The molecule has 2 aromatic rings. The van der Waals surface area contributed by atoms with Crippen LogP contribution in [0.2, 0.25) is 5.02 Å². The lowest BCUT2D eigenvalue weighted by molar-refractivity contribution is -0.384. The highest BCUT2D eigenvalue weighted by Gasteiger charge is 2.04. The highest BCUT2D eigenvalue weighted by molar-refractivity contribution is 6.31. The largest absolute Gasteiger partial charge is 0.381 e. The van der Waals surface area contributed by atoms with E-state index in [1.54, 1.807) is 12.1 Å². The number of benzene rings is 2. The van der Waals surface area contributed by atoms with Gasteiger partial charge in [-0.15, -0.1) is 0 Å². The van der Waals surface area contributed by atoms with Crippen molar-refractivity contribution in [3.05, 3.63) is 68.7 Å². The summed E-state index contributed by atoms with van der Waals surface area (Å²) < 4.78 is 0. The van der Waals surface area contributed by atoms with E-state index in [0.717, 1.165) is 21.8 Å². The Labute approximate surface area is 116 Å². The van der Waals surface area contributed by atoms with Crippen molar-refractivity contribution in [1.82, 2.24) is 0 Å². The molecule has 5 heteroatoms. The van der Waals surface area contributed by atoms with Gasteiger partial charge in [-0.1, -0.05) is 23.7 Å². The smallest absolute Gasteiger partial charge is 0.269 e. The van der Waals surface area contributed by atoms with Crippen molar-refractivity contribution in [1.29, 1.82) is 0 Å². The standard InChI is InChI=1S/C14H13ClN2O2/c1-10-2-3-11(8-14(10)15)9-16-12-4-6-13(7-5-12)17(18)19/h2-8,16H,9H2,1H3. The van der Waals surface area contributed by atoms with Gasteiger partial charge in [-0.2, -0.15) is 0 Å². The first-order valence-electron chi connectivity index (χ1n) is 5.79. The molecule has 0 spiro atoms. The number of nitrogens with zero attached hydrogens (tertiary/aromatic N) is 1. The molecule has 0 amide bonds. The molecule has 2 aromatic carbocycles. The summed E-state index contributed by atoms with van der Waals surface area (Å²) in [7, 11) is 0. The number of aryl methyl sites for hydroxylation is 1. The van der Waals surface area contributed by atoms with E-state index in [4.69, 9.17) is 11.6 Å². The van der Waals surface area contributed by atoms with Crippen LogP contribution in [0.1, 0.15) is 11.1 Å². The number of halogens is 1. The molecule has 98 valence electrons. The fraction of sp³-hybridized carbons (Fsp3) is 0.143. The number of anilines is 1. The second kappa shape index (κ2) is 5.71. The van der Waals surface area contributed by atoms with Crippen molar-refractivity contribution in [3.8, 4) is 0 Å². The van der Waals surface area contributed by atoms with E-state index in [9.17, 15) is 10.1 Å². The van der Waals surface area contributed by atoms with Crippen LogP contribution in [-0.4, -0.2) is 4.92 Å². The molecule has 19 heavy (non-hydrogen) atoms. The Bertz CT molecular complexity index is 597. The Morgan fingerprint density at radius 3 is 2.47 bits per heavy atom. The van der Waals surface area contributed by atoms with Gasteiger partial charge in [-0.3, -0.25) is 10.1 Å². The SMILES string of the molecule is Cc1ccc(CNc2ccc([N+](=O)[O-])cc2)cc1Cl. The molecule has 0 aromatic heterocycles. The van der Waals surface area contributed by atoms with Crippen LogP contribution in [0.25, 0.3) is 0 Å². The topological polar surface area (TPSA) is 55.2 Å². The maximum absolute atomic E-state index is 10.5. The molecule has 0 bridgehead atoms. The van der Waals surface area contributed by atoms with Gasteiger partial charge < -0.3 is 5.32 Å². The van der Waals surface area contributed by atoms with Gasteiger partial charge in [-0.25, -0.2) is 0 Å². The van der Waals surface area contributed by atoms with Crippen molar-refractivity contribution in [2.24, 2.45) is 0 Å². The zero-order valence-corrected chi connectivity index (χ0v) is 11.1. The predicted molar refractivity (Wildman–Crippen MR) is 76.6 cm³/mol. The maximum Gasteiger partial charge on any atom is 0.269 e. The summed E-state index contributed by atoms with van der Waals surface area (Å²) in [6.07, 6.45) is 0. The molecule has 0 atom stereocenters. The van der Waals surface area contributed by atoms with Crippen LogP contribution in [0.3, 0.4) is 0 Å². The molecule has 0 fully saturated rings. The molecule has 0 aliphatic carbocycles. The summed E-state index contributed by atoms with van der Waals surface area (Å²) in [6, 6.07) is 12.2. The summed E-state index contributed by atoms with van der Waals surface area (Å²) >= 11 is 6.05. The molecule has 0 saturated carbocycles. The Morgan fingerprint density at radius 2 is 1.89 bits per heavy atom. The highest BCUT2D eigenvalue weighted by atomic mass is 35.5. The molecule has 0 heterocycles. The van der Waals surface area contributed by atoms with Gasteiger partial charge in [0.25, 0.3) is 5.69 Å². The van der Waals surface area contributed by atoms with Gasteiger partial charge in [0.15, 0.2) is 0 Å². The van der Waals surface area contributed by atoms with E-state index in [1.165, 1.54) is 12.1 Å². The lowest BCUT2D eigenvalue weighted by Crippen LogP contribution is -1.99. The van der Waals surface area contributed by atoms with Crippen LogP contribution in [0.15, 0.2) is 42.5 Å². The molecule has 0 radical (unpaired) electrons. The molecular weight excluding hydrogens is 264 g/mol. The lowest BCUT2D eigenvalue weighted by Gasteiger charge is -2.07. The van der Waals surface area contributed by atoms with E-state index in [0.29, 0.717) is 6.54 Å². The highest BCUT2D eigenvalue weighted by Crippen LogP contribution is 2.19. The third-order valence-corrected chi connectivity index (χ3v) is 3.22. The van der Waals surface area contributed by atoms with Crippen LogP contribution in [0, 0.1) is 17.0 Å². The van der Waals surface area contributed by atoms with E-state index in [1.807, 2.05) is 25.1 Å². The minimum atomic E-state index is -0.413. The Morgan fingerprint density at radius 1 is 1.21 bits per heavy atom. The fourth-order valence-corrected chi connectivity index (χ4v) is 1.85. The lowest BCUT2D eigenvalue weighted by atomic mass is 10.1. The molecule has 2 rings (SSSR count). The average molecular weight is 277 g/mol. The van der Waals surface area contributed by atoms with E-state index in [2.05, 4.69) is 5.32 Å². The van der Waals surface area contributed by atoms with Crippen molar-refractivity contribution in [3.63, 3.8) is 0 Å². The van der Waals surface area contributed by atoms with Crippen LogP contribution in [-0.2, 0) is 6.54 Å². The summed E-state index contributed by atoms with van der Waals surface area (Å²) in [5, 5.41) is 14.5. The first-order chi connectivity index (χ1) is 9.06. The van der Waals surface area contributed by atoms with Crippen molar-refractivity contribution >= 4 is 23.0 Å². The predicted octanol–water partition coefficient (Wildman–Crippen LogP) is 4.17. The molecular formula is C14H13ClN2O2. The third-order valence-electron chi connectivity index (χ3n) is 2.81.